The molecule has 1 aromatic heterocycles. The maximum Gasteiger partial charge on any atom is 0.497 e. The Morgan fingerprint density at radius 1 is 1.04 bits per heavy atom. The van der Waals surface area contributed by atoms with E-state index in [0.717, 1.165) is 18.4 Å². The van der Waals surface area contributed by atoms with Crippen LogP contribution in [0, 0.1) is 5.82 Å². The Morgan fingerprint density at radius 2 is 1.69 bits per heavy atom. The highest BCUT2D eigenvalue weighted by molar-refractivity contribution is 7.88. The van der Waals surface area contributed by atoms with Crippen molar-refractivity contribution in [1.29, 1.82) is 0 Å². The Morgan fingerprint density at radius 3 is 2.29 bits per heavy atom. The van der Waals surface area contributed by atoms with Crippen LogP contribution in [-0.2, 0) is 36.4 Å². The zero-order valence-corrected chi connectivity index (χ0v) is 29.6. The third-order valence-electron chi connectivity index (χ3n) is 9.45. The highest BCUT2D eigenvalue weighted by Crippen LogP contribution is 2.45. The number of furan rings is 1. The van der Waals surface area contributed by atoms with Gasteiger partial charge in [0.15, 0.2) is 0 Å². The molecule has 0 spiro atoms. The van der Waals surface area contributed by atoms with Crippen molar-refractivity contribution in [3.8, 4) is 11.3 Å². The van der Waals surface area contributed by atoms with Crippen LogP contribution in [0.4, 0.5) is 4.39 Å². The molecule has 6 rings (SSSR count). The number of ether oxygens (including phenoxy) is 1. The average Bonchev–Trinajstić information content (AvgIpc) is 3.78. The molecule has 258 valence electrons. The Labute approximate surface area is 289 Å². The second-order valence-electron chi connectivity index (χ2n) is 13.4. The summed E-state index contributed by atoms with van der Waals surface area (Å²) in [6.07, 6.45) is 1.77. The first-order valence-electron chi connectivity index (χ1n) is 15.8. The van der Waals surface area contributed by atoms with E-state index in [2.05, 4.69) is 10.0 Å². The summed E-state index contributed by atoms with van der Waals surface area (Å²) in [6.45, 7) is 7.36. The van der Waals surface area contributed by atoms with Gasteiger partial charge in [-0.1, -0.05) is 11.6 Å². The van der Waals surface area contributed by atoms with Crippen molar-refractivity contribution < 1.29 is 40.9 Å². The molecule has 2 fully saturated rings. The largest absolute Gasteiger partial charge is 0.497 e. The number of fused-ring (bicyclic) bond motifs is 1. The average molecular weight is 711 g/mol. The van der Waals surface area contributed by atoms with Crippen molar-refractivity contribution in [3.63, 3.8) is 0 Å². The van der Waals surface area contributed by atoms with E-state index in [0.29, 0.717) is 38.7 Å². The van der Waals surface area contributed by atoms with Gasteiger partial charge in [0, 0.05) is 35.0 Å². The van der Waals surface area contributed by atoms with Crippen molar-refractivity contribution in [3.05, 3.63) is 87.2 Å². The molecule has 10 nitrogen and oxygen atoms in total. The van der Waals surface area contributed by atoms with Crippen molar-refractivity contribution >= 4 is 57.1 Å². The predicted octanol–water partition coefficient (Wildman–Crippen LogP) is 5.83. The van der Waals surface area contributed by atoms with E-state index in [-0.39, 0.29) is 40.5 Å². The van der Waals surface area contributed by atoms with E-state index in [1.54, 1.807) is 12.1 Å². The first kappa shape index (κ1) is 35.1. The summed E-state index contributed by atoms with van der Waals surface area (Å²) in [5.41, 5.74) is 1.95. The molecule has 3 aromatic carbocycles. The number of hydrogen-bond acceptors (Lipinski definition) is 8. The lowest BCUT2D eigenvalue weighted by Crippen LogP contribution is -2.41. The standard InChI is InChI=1S/C35H37BClFN2O8S/c1-34(2)35(3,4)48-36(47-34)30-26(33(42)45-6)13-19(14-27(30)37)17-40-49(43,44)18-22-15-28-25(16-24(22)20-7-8-20)29(32(41)39-5)31(46-28)21-9-11-23(38)12-10-21/h9-16,20,40H,7-8,17-18H2,1-6H3,(H,39,41). The van der Waals surface area contributed by atoms with Crippen LogP contribution in [0.15, 0.2) is 52.9 Å². The van der Waals surface area contributed by atoms with Crippen LogP contribution in [0.5, 0.6) is 0 Å². The molecule has 2 heterocycles. The Kier molecular flexibility index (Phi) is 9.21. The Hall–Kier alpha value is -3.75. The summed E-state index contributed by atoms with van der Waals surface area (Å²) in [7, 11) is -2.13. The van der Waals surface area contributed by atoms with E-state index < -0.39 is 40.1 Å². The van der Waals surface area contributed by atoms with Gasteiger partial charge in [-0.25, -0.2) is 22.3 Å². The smallest absolute Gasteiger partial charge is 0.465 e. The number of methoxy groups -OCH3 is 1. The minimum Gasteiger partial charge on any atom is -0.465 e. The van der Waals surface area contributed by atoms with Gasteiger partial charge in [0.25, 0.3) is 5.91 Å². The molecule has 1 saturated carbocycles. The highest BCUT2D eigenvalue weighted by Gasteiger charge is 2.53. The van der Waals surface area contributed by atoms with Crippen molar-refractivity contribution in [2.24, 2.45) is 0 Å². The molecule has 0 unspecified atom stereocenters. The number of sulfonamides is 1. The number of carbonyl (C=O) groups excluding carboxylic acids is 2. The number of rotatable bonds is 10. The first-order chi connectivity index (χ1) is 23.0. The third-order valence-corrected chi connectivity index (χ3v) is 11.0. The molecule has 1 saturated heterocycles. The number of benzene rings is 3. The molecule has 2 N–H and O–H groups in total. The summed E-state index contributed by atoms with van der Waals surface area (Å²) in [6, 6.07) is 12.2. The van der Waals surface area contributed by atoms with Gasteiger partial charge in [0.05, 0.1) is 35.2 Å². The van der Waals surface area contributed by atoms with Crippen LogP contribution < -0.4 is 15.5 Å². The van der Waals surface area contributed by atoms with Crippen LogP contribution in [0.25, 0.3) is 22.3 Å². The number of carbonyl (C=O) groups is 2. The van der Waals surface area contributed by atoms with Crippen LogP contribution in [0.2, 0.25) is 5.02 Å². The number of nitrogens with one attached hydrogen (secondary N) is 2. The van der Waals surface area contributed by atoms with Gasteiger partial charge < -0.3 is 23.8 Å². The number of halogens is 2. The van der Waals surface area contributed by atoms with Gasteiger partial charge in [0.1, 0.15) is 17.2 Å². The quantitative estimate of drug-likeness (QED) is 0.155. The molecule has 1 aliphatic heterocycles. The zero-order chi connectivity index (χ0) is 35.5. The molecule has 1 amide bonds. The van der Waals surface area contributed by atoms with Crippen LogP contribution >= 0.6 is 11.6 Å². The second-order valence-corrected chi connectivity index (χ2v) is 15.6. The SMILES string of the molecule is CNC(=O)c1c(-c2ccc(F)cc2)oc2cc(CS(=O)(=O)NCc3cc(Cl)c(B4OC(C)(C)C(C)(C)O4)c(C(=O)OC)c3)c(C3CC3)cc12. The summed E-state index contributed by atoms with van der Waals surface area (Å²) in [4.78, 5) is 25.9. The molecule has 4 aromatic rings. The third kappa shape index (κ3) is 6.87. The molecule has 49 heavy (non-hydrogen) atoms. The molecular formula is C35H37BClFN2O8S. The van der Waals surface area contributed by atoms with Crippen molar-refractivity contribution in [1.82, 2.24) is 10.0 Å². The Bertz CT molecular complexity index is 2060. The lowest BCUT2D eigenvalue weighted by molar-refractivity contribution is 0.00578. The molecule has 2 aliphatic rings. The molecule has 0 bridgehead atoms. The minimum atomic E-state index is -3.94. The van der Waals surface area contributed by atoms with Gasteiger partial charge >= 0.3 is 13.1 Å². The second kappa shape index (κ2) is 12.9. The number of hydrogen-bond donors (Lipinski definition) is 2. The fourth-order valence-electron chi connectivity index (χ4n) is 5.96. The predicted molar refractivity (Wildman–Crippen MR) is 185 cm³/mol. The summed E-state index contributed by atoms with van der Waals surface area (Å²) in [5, 5.41) is 3.35. The van der Waals surface area contributed by atoms with Crippen molar-refractivity contribution in [2.75, 3.05) is 14.2 Å². The molecule has 14 heteroatoms. The lowest BCUT2D eigenvalue weighted by atomic mass is 9.75. The van der Waals surface area contributed by atoms with Gasteiger partial charge in [-0.05, 0) is 112 Å². The van der Waals surface area contributed by atoms with Gasteiger partial charge in [-0.3, -0.25) is 4.79 Å². The highest BCUT2D eigenvalue weighted by atomic mass is 35.5. The number of amides is 1. The van der Waals surface area contributed by atoms with E-state index in [1.807, 2.05) is 33.8 Å². The number of esters is 1. The van der Waals surface area contributed by atoms with Gasteiger partial charge in [0.2, 0.25) is 10.0 Å². The lowest BCUT2D eigenvalue weighted by Gasteiger charge is -2.32. The fourth-order valence-corrected chi connectivity index (χ4v) is 7.44. The minimum absolute atomic E-state index is 0.103. The summed E-state index contributed by atoms with van der Waals surface area (Å²) in [5.74, 6) is -1.44. The summed E-state index contributed by atoms with van der Waals surface area (Å²) >= 11 is 6.70. The monoisotopic (exact) mass is 710 g/mol. The van der Waals surface area contributed by atoms with Gasteiger partial charge in [-0.15, -0.1) is 0 Å². The molecule has 0 atom stereocenters. The fraction of sp³-hybridized carbons (Fsp3) is 0.371. The van der Waals surface area contributed by atoms with Crippen molar-refractivity contribution in [2.45, 2.75) is 70.0 Å². The van der Waals surface area contributed by atoms with E-state index >= 15 is 0 Å². The normalized spacial score (nSPS) is 17.0. The maximum atomic E-state index is 13.7. The Balaban J connectivity index is 1.30. The van der Waals surface area contributed by atoms with Crippen LogP contribution in [0.1, 0.15) is 83.9 Å². The van der Waals surface area contributed by atoms with Crippen LogP contribution in [0.3, 0.4) is 0 Å². The maximum absolute atomic E-state index is 13.7. The van der Waals surface area contributed by atoms with Gasteiger partial charge in [-0.2, -0.15) is 0 Å². The first-order valence-corrected chi connectivity index (χ1v) is 17.9. The molecule has 1 aliphatic carbocycles. The topological polar surface area (TPSA) is 133 Å². The zero-order valence-electron chi connectivity index (χ0n) is 28.0. The molecular weight excluding hydrogens is 674 g/mol. The molecule has 0 radical (unpaired) electrons. The van der Waals surface area contributed by atoms with E-state index in [9.17, 15) is 22.4 Å². The van der Waals surface area contributed by atoms with E-state index in [1.165, 1.54) is 44.5 Å². The van der Waals surface area contributed by atoms with E-state index in [4.69, 9.17) is 30.1 Å². The van der Waals surface area contributed by atoms with Crippen LogP contribution in [-0.4, -0.2) is 52.8 Å². The summed E-state index contributed by atoms with van der Waals surface area (Å²) < 4.78 is 66.9.